The summed E-state index contributed by atoms with van der Waals surface area (Å²) in [5.41, 5.74) is 0. The van der Waals surface area contributed by atoms with Crippen molar-refractivity contribution in [2.75, 3.05) is 6.61 Å². The number of hydrogen-bond donors (Lipinski definition) is 0. The molecule has 0 unspecified atom stereocenters. The van der Waals surface area contributed by atoms with Crippen molar-refractivity contribution >= 4 is 0 Å². The Morgan fingerprint density at radius 2 is 1.83 bits per heavy atom. The third-order valence-electron chi connectivity index (χ3n) is 3.18. The van der Waals surface area contributed by atoms with Gasteiger partial charge in [-0.15, -0.1) is 0 Å². The fourth-order valence-corrected chi connectivity index (χ4v) is 2.08. The quantitative estimate of drug-likeness (QED) is 0.555. The van der Waals surface area contributed by atoms with Crippen molar-refractivity contribution < 1.29 is 9.47 Å². The Bertz CT molecular complexity index is 161. The lowest BCUT2D eigenvalue weighted by atomic mass is 10.0. The lowest BCUT2D eigenvalue weighted by Gasteiger charge is -2.40. The van der Waals surface area contributed by atoms with Crippen LogP contribution in [0.2, 0.25) is 0 Å². The SMILES string of the molecule is C[C@@H]1COC2(CCCC2)O[C@H]1C. The van der Waals surface area contributed by atoms with Gasteiger partial charge in [-0.1, -0.05) is 6.92 Å². The fraction of sp³-hybridized carbons (Fsp3) is 1.00. The van der Waals surface area contributed by atoms with Gasteiger partial charge in [0.15, 0.2) is 5.79 Å². The monoisotopic (exact) mass is 170 g/mol. The van der Waals surface area contributed by atoms with Crippen molar-refractivity contribution in [2.45, 2.75) is 51.4 Å². The number of hydrogen-bond acceptors (Lipinski definition) is 2. The van der Waals surface area contributed by atoms with Crippen LogP contribution in [0.3, 0.4) is 0 Å². The number of ether oxygens (including phenoxy) is 2. The van der Waals surface area contributed by atoms with E-state index in [0.29, 0.717) is 12.0 Å². The minimum Gasteiger partial charge on any atom is -0.350 e. The zero-order valence-corrected chi connectivity index (χ0v) is 8.01. The van der Waals surface area contributed by atoms with Gasteiger partial charge in [-0.25, -0.2) is 0 Å². The Labute approximate surface area is 74.2 Å². The van der Waals surface area contributed by atoms with Gasteiger partial charge in [0.25, 0.3) is 0 Å². The average molecular weight is 170 g/mol. The van der Waals surface area contributed by atoms with Crippen LogP contribution in [-0.2, 0) is 9.47 Å². The highest BCUT2D eigenvalue weighted by molar-refractivity contribution is 4.83. The van der Waals surface area contributed by atoms with Gasteiger partial charge in [-0.05, 0) is 19.8 Å². The molecule has 0 aromatic heterocycles. The van der Waals surface area contributed by atoms with Gasteiger partial charge in [0, 0.05) is 18.8 Å². The van der Waals surface area contributed by atoms with Crippen LogP contribution in [0, 0.1) is 5.92 Å². The van der Waals surface area contributed by atoms with Gasteiger partial charge >= 0.3 is 0 Å². The smallest absolute Gasteiger partial charge is 0.168 e. The first-order valence-electron chi connectivity index (χ1n) is 5.04. The lowest BCUT2D eigenvalue weighted by Crippen LogP contribution is -2.45. The van der Waals surface area contributed by atoms with Crippen molar-refractivity contribution in [2.24, 2.45) is 5.92 Å². The first-order valence-corrected chi connectivity index (χ1v) is 5.04. The summed E-state index contributed by atoms with van der Waals surface area (Å²) >= 11 is 0. The summed E-state index contributed by atoms with van der Waals surface area (Å²) in [4.78, 5) is 0. The van der Waals surface area contributed by atoms with Crippen molar-refractivity contribution in [3.8, 4) is 0 Å². The second kappa shape index (κ2) is 3.00. The molecule has 1 heterocycles. The van der Waals surface area contributed by atoms with E-state index in [-0.39, 0.29) is 5.79 Å². The van der Waals surface area contributed by atoms with Crippen LogP contribution in [0.4, 0.5) is 0 Å². The van der Waals surface area contributed by atoms with Crippen molar-refractivity contribution in [3.05, 3.63) is 0 Å². The summed E-state index contributed by atoms with van der Waals surface area (Å²) in [5.74, 6) is 0.377. The van der Waals surface area contributed by atoms with Gasteiger partial charge in [0.1, 0.15) is 0 Å². The normalized spacial score (nSPS) is 40.5. The molecular formula is C10H18O2. The van der Waals surface area contributed by atoms with Crippen LogP contribution in [0.1, 0.15) is 39.5 Å². The third-order valence-corrected chi connectivity index (χ3v) is 3.18. The van der Waals surface area contributed by atoms with Crippen molar-refractivity contribution in [1.82, 2.24) is 0 Å². The topological polar surface area (TPSA) is 18.5 Å². The molecule has 0 radical (unpaired) electrons. The predicted molar refractivity (Wildman–Crippen MR) is 46.9 cm³/mol. The first-order chi connectivity index (χ1) is 5.72. The lowest BCUT2D eigenvalue weighted by molar-refractivity contribution is -0.301. The fourth-order valence-electron chi connectivity index (χ4n) is 2.08. The zero-order valence-electron chi connectivity index (χ0n) is 8.01. The summed E-state index contributed by atoms with van der Waals surface area (Å²) in [5, 5.41) is 0. The minimum atomic E-state index is -0.175. The molecule has 1 saturated heterocycles. The second-order valence-electron chi connectivity index (χ2n) is 4.23. The maximum atomic E-state index is 5.92. The Balaban J connectivity index is 2.01. The molecular weight excluding hydrogens is 152 g/mol. The molecule has 0 aromatic carbocycles. The minimum absolute atomic E-state index is 0.175. The highest BCUT2D eigenvalue weighted by atomic mass is 16.7. The Hall–Kier alpha value is -0.0800. The molecule has 0 aromatic rings. The molecule has 0 N–H and O–H groups in total. The first kappa shape index (κ1) is 8.52. The largest absolute Gasteiger partial charge is 0.350 e. The highest BCUT2D eigenvalue weighted by Crippen LogP contribution is 2.39. The van der Waals surface area contributed by atoms with E-state index in [9.17, 15) is 0 Å². The molecule has 2 nitrogen and oxygen atoms in total. The molecule has 1 saturated carbocycles. The van der Waals surface area contributed by atoms with Crippen molar-refractivity contribution in [3.63, 3.8) is 0 Å². The maximum Gasteiger partial charge on any atom is 0.168 e. The molecule has 2 atom stereocenters. The second-order valence-corrected chi connectivity index (χ2v) is 4.23. The molecule has 2 rings (SSSR count). The van der Waals surface area contributed by atoms with Gasteiger partial charge in [-0.2, -0.15) is 0 Å². The predicted octanol–water partition coefficient (Wildman–Crippen LogP) is 2.33. The molecule has 2 aliphatic rings. The summed E-state index contributed by atoms with van der Waals surface area (Å²) in [6.45, 7) is 5.22. The summed E-state index contributed by atoms with van der Waals surface area (Å²) in [7, 11) is 0. The van der Waals surface area contributed by atoms with E-state index in [1.807, 2.05) is 0 Å². The molecule has 0 bridgehead atoms. The summed E-state index contributed by atoms with van der Waals surface area (Å²) < 4.78 is 11.7. The van der Waals surface area contributed by atoms with Crippen LogP contribution >= 0.6 is 0 Å². The van der Waals surface area contributed by atoms with E-state index in [1.165, 1.54) is 12.8 Å². The van der Waals surface area contributed by atoms with Gasteiger partial charge in [-0.3, -0.25) is 0 Å². The third kappa shape index (κ3) is 1.38. The van der Waals surface area contributed by atoms with E-state index in [4.69, 9.17) is 9.47 Å². The van der Waals surface area contributed by atoms with Crippen LogP contribution in [0.5, 0.6) is 0 Å². The summed E-state index contributed by atoms with van der Waals surface area (Å²) in [6, 6.07) is 0. The number of rotatable bonds is 0. The zero-order chi connectivity index (χ0) is 8.60. The maximum absolute atomic E-state index is 5.92. The van der Waals surface area contributed by atoms with Gasteiger partial charge < -0.3 is 9.47 Å². The summed E-state index contributed by atoms with van der Waals surface area (Å²) in [6.07, 6.45) is 5.10. The van der Waals surface area contributed by atoms with E-state index in [0.717, 1.165) is 19.4 Å². The molecule has 0 amide bonds. The van der Waals surface area contributed by atoms with Crippen LogP contribution in [-0.4, -0.2) is 18.5 Å². The standard InChI is InChI=1S/C10H18O2/c1-8-7-11-10(12-9(8)2)5-3-4-6-10/h8-9H,3-7H2,1-2H3/t8-,9+/m1/s1. The molecule has 70 valence electrons. The van der Waals surface area contributed by atoms with Crippen LogP contribution < -0.4 is 0 Å². The highest BCUT2D eigenvalue weighted by Gasteiger charge is 2.41. The van der Waals surface area contributed by atoms with Gasteiger partial charge in [0.2, 0.25) is 0 Å². The Morgan fingerprint density at radius 1 is 1.17 bits per heavy atom. The van der Waals surface area contributed by atoms with E-state index in [1.54, 1.807) is 0 Å². The van der Waals surface area contributed by atoms with E-state index < -0.39 is 0 Å². The van der Waals surface area contributed by atoms with Crippen LogP contribution in [0.25, 0.3) is 0 Å². The molecule has 1 aliphatic carbocycles. The Kier molecular flexibility index (Phi) is 2.13. The molecule has 2 heteroatoms. The average Bonchev–Trinajstić information content (AvgIpc) is 2.47. The van der Waals surface area contributed by atoms with Crippen LogP contribution in [0.15, 0.2) is 0 Å². The molecule has 1 aliphatic heterocycles. The van der Waals surface area contributed by atoms with E-state index in [2.05, 4.69) is 13.8 Å². The van der Waals surface area contributed by atoms with Gasteiger partial charge in [0.05, 0.1) is 12.7 Å². The molecule has 12 heavy (non-hydrogen) atoms. The Morgan fingerprint density at radius 3 is 2.42 bits per heavy atom. The van der Waals surface area contributed by atoms with Crippen molar-refractivity contribution in [1.29, 1.82) is 0 Å². The molecule has 2 fully saturated rings. The molecule has 1 spiro atoms. The van der Waals surface area contributed by atoms with E-state index >= 15 is 0 Å².